The largest absolute Gasteiger partial charge is 0.507 e. The number of nitrogens with one attached hydrogen (secondary N) is 1. The summed E-state index contributed by atoms with van der Waals surface area (Å²) in [6, 6.07) is 17.8. The van der Waals surface area contributed by atoms with Crippen LogP contribution in [0, 0.1) is 6.92 Å². The summed E-state index contributed by atoms with van der Waals surface area (Å²) in [6.07, 6.45) is -0.0303. The van der Waals surface area contributed by atoms with E-state index in [1.807, 2.05) is 20.8 Å². The first-order chi connectivity index (χ1) is 18.1. The molecule has 1 atom stereocenters. The summed E-state index contributed by atoms with van der Waals surface area (Å²) in [5.74, 6) is -1.11. The zero-order chi connectivity index (χ0) is 27.6. The molecule has 38 heavy (non-hydrogen) atoms. The Hall–Kier alpha value is -4.59. The van der Waals surface area contributed by atoms with Crippen molar-refractivity contribution in [3.05, 3.63) is 89.0 Å². The summed E-state index contributed by atoms with van der Waals surface area (Å²) in [5.41, 5.74) is 2.45. The number of ether oxygens (including phenoxy) is 2. The number of aliphatic hydroxyl groups is 1. The van der Waals surface area contributed by atoms with Crippen LogP contribution >= 0.6 is 0 Å². The van der Waals surface area contributed by atoms with Crippen molar-refractivity contribution in [2.45, 2.75) is 39.8 Å². The third kappa shape index (κ3) is 5.11. The van der Waals surface area contributed by atoms with Crippen molar-refractivity contribution in [2.75, 3.05) is 17.3 Å². The number of aryl methyl sites for hydroxylation is 1. The van der Waals surface area contributed by atoms with Crippen LogP contribution in [-0.4, -0.2) is 35.9 Å². The standard InChI is InChI=1S/C30H30N2O6/c1-17(2)38-24-14-13-20(15-18(24)3)28(34)26-27(23-11-6-7-12-25(23)37-5)32(30(36)29(26)35)22-10-8-9-21(16-22)31-19(4)33/h6-17,27,34H,1-5H3,(H,31,33)/b28-26+. The summed E-state index contributed by atoms with van der Waals surface area (Å²) in [6.45, 7) is 7.07. The third-order valence-electron chi connectivity index (χ3n) is 6.13. The SMILES string of the molecule is COc1ccccc1C1/C(=C(\O)c2ccc(OC(C)C)c(C)c2)C(=O)C(=O)N1c1cccc(NC(C)=O)c1. The highest BCUT2D eigenvalue weighted by Crippen LogP contribution is 2.45. The molecule has 0 aromatic heterocycles. The molecule has 0 spiro atoms. The number of carbonyl (C=O) groups excluding carboxylic acids is 3. The lowest BCUT2D eigenvalue weighted by Crippen LogP contribution is -2.29. The lowest BCUT2D eigenvalue weighted by molar-refractivity contribution is -0.132. The van der Waals surface area contributed by atoms with Crippen molar-refractivity contribution in [1.82, 2.24) is 0 Å². The number of para-hydroxylation sites is 1. The number of methoxy groups -OCH3 is 1. The molecule has 0 saturated carbocycles. The summed E-state index contributed by atoms with van der Waals surface area (Å²) < 4.78 is 11.4. The minimum absolute atomic E-state index is 0.0303. The minimum atomic E-state index is -0.981. The lowest BCUT2D eigenvalue weighted by Gasteiger charge is -2.27. The molecule has 8 nitrogen and oxygen atoms in total. The van der Waals surface area contributed by atoms with E-state index in [2.05, 4.69) is 5.32 Å². The highest BCUT2D eigenvalue weighted by Gasteiger charge is 2.48. The minimum Gasteiger partial charge on any atom is -0.507 e. The number of Topliss-reactive ketones (excluding diaryl/α,β-unsaturated/α-hetero) is 1. The molecule has 8 heteroatoms. The van der Waals surface area contributed by atoms with Gasteiger partial charge in [-0.05, 0) is 68.8 Å². The van der Waals surface area contributed by atoms with E-state index in [1.54, 1.807) is 66.7 Å². The Bertz CT molecular complexity index is 1440. The molecule has 3 aromatic carbocycles. The second kappa shape index (κ2) is 10.8. The number of nitrogens with zero attached hydrogens (tertiary/aromatic N) is 1. The van der Waals surface area contributed by atoms with Crippen LogP contribution in [0.5, 0.6) is 11.5 Å². The van der Waals surface area contributed by atoms with Gasteiger partial charge >= 0.3 is 0 Å². The van der Waals surface area contributed by atoms with Crippen molar-refractivity contribution < 1.29 is 29.0 Å². The van der Waals surface area contributed by atoms with Gasteiger partial charge in [0.1, 0.15) is 17.3 Å². The Kier molecular flexibility index (Phi) is 7.52. The van der Waals surface area contributed by atoms with Crippen LogP contribution in [0.3, 0.4) is 0 Å². The van der Waals surface area contributed by atoms with Crippen LogP contribution in [0.25, 0.3) is 5.76 Å². The quantitative estimate of drug-likeness (QED) is 0.249. The zero-order valence-corrected chi connectivity index (χ0v) is 21.9. The van der Waals surface area contributed by atoms with Gasteiger partial charge in [0.25, 0.3) is 11.7 Å². The molecule has 4 rings (SSSR count). The number of aliphatic hydroxyl groups excluding tert-OH is 1. The Labute approximate surface area is 221 Å². The van der Waals surface area contributed by atoms with Crippen LogP contribution in [0.4, 0.5) is 11.4 Å². The number of benzene rings is 3. The van der Waals surface area contributed by atoms with Gasteiger partial charge in [0.05, 0.1) is 24.8 Å². The molecule has 0 aliphatic carbocycles. The molecule has 1 aliphatic heterocycles. The van der Waals surface area contributed by atoms with Gasteiger partial charge in [0.2, 0.25) is 5.91 Å². The number of rotatable bonds is 7. The first-order valence-corrected chi connectivity index (χ1v) is 12.2. The maximum absolute atomic E-state index is 13.5. The number of ketones is 1. The molecule has 0 bridgehead atoms. The van der Waals surface area contributed by atoms with E-state index in [9.17, 15) is 19.5 Å². The van der Waals surface area contributed by atoms with E-state index >= 15 is 0 Å². The van der Waals surface area contributed by atoms with E-state index in [4.69, 9.17) is 9.47 Å². The van der Waals surface area contributed by atoms with Gasteiger partial charge in [-0.1, -0.05) is 24.3 Å². The van der Waals surface area contributed by atoms with Gasteiger partial charge in [-0.3, -0.25) is 19.3 Å². The highest BCUT2D eigenvalue weighted by atomic mass is 16.5. The summed E-state index contributed by atoms with van der Waals surface area (Å²) in [4.78, 5) is 39.9. The molecule has 0 radical (unpaired) electrons. The normalized spacial score (nSPS) is 16.6. The number of carbonyl (C=O) groups is 3. The van der Waals surface area contributed by atoms with Gasteiger partial charge in [0, 0.05) is 29.4 Å². The smallest absolute Gasteiger partial charge is 0.300 e. The van der Waals surface area contributed by atoms with Crippen molar-refractivity contribution >= 4 is 34.7 Å². The molecular formula is C30H30N2O6. The monoisotopic (exact) mass is 514 g/mol. The van der Waals surface area contributed by atoms with Crippen molar-refractivity contribution in [3.63, 3.8) is 0 Å². The van der Waals surface area contributed by atoms with E-state index in [-0.39, 0.29) is 23.3 Å². The molecule has 2 N–H and O–H groups in total. The first kappa shape index (κ1) is 26.5. The molecule has 3 aromatic rings. The first-order valence-electron chi connectivity index (χ1n) is 12.2. The Morgan fingerprint density at radius 3 is 2.39 bits per heavy atom. The van der Waals surface area contributed by atoms with Crippen molar-refractivity contribution in [3.8, 4) is 11.5 Å². The fourth-order valence-corrected chi connectivity index (χ4v) is 4.56. The summed E-state index contributed by atoms with van der Waals surface area (Å²) >= 11 is 0. The van der Waals surface area contributed by atoms with Crippen molar-refractivity contribution in [2.24, 2.45) is 0 Å². The molecular weight excluding hydrogens is 484 g/mol. The maximum Gasteiger partial charge on any atom is 0.300 e. The molecule has 196 valence electrons. The third-order valence-corrected chi connectivity index (χ3v) is 6.13. The number of anilines is 2. The molecule has 1 saturated heterocycles. The van der Waals surface area contributed by atoms with E-state index in [1.165, 1.54) is 18.9 Å². The van der Waals surface area contributed by atoms with Crippen LogP contribution in [0.15, 0.2) is 72.3 Å². The fourth-order valence-electron chi connectivity index (χ4n) is 4.56. The van der Waals surface area contributed by atoms with Crippen LogP contribution in [0.2, 0.25) is 0 Å². The molecule has 1 heterocycles. The average molecular weight is 515 g/mol. The maximum atomic E-state index is 13.5. The lowest BCUT2D eigenvalue weighted by atomic mass is 9.94. The van der Waals surface area contributed by atoms with Gasteiger partial charge < -0.3 is 19.9 Å². The van der Waals surface area contributed by atoms with Gasteiger partial charge in [-0.2, -0.15) is 0 Å². The van der Waals surface area contributed by atoms with Crippen LogP contribution in [0.1, 0.15) is 43.5 Å². The van der Waals surface area contributed by atoms with Gasteiger partial charge in [0.15, 0.2) is 0 Å². The predicted octanol–water partition coefficient (Wildman–Crippen LogP) is 5.38. The van der Waals surface area contributed by atoms with E-state index in [0.717, 1.165) is 5.56 Å². The van der Waals surface area contributed by atoms with Crippen LogP contribution < -0.4 is 19.7 Å². The Morgan fingerprint density at radius 2 is 1.74 bits per heavy atom. The Morgan fingerprint density at radius 1 is 1.00 bits per heavy atom. The fraction of sp³-hybridized carbons (Fsp3) is 0.233. The second-order valence-electron chi connectivity index (χ2n) is 9.29. The molecule has 1 fully saturated rings. The zero-order valence-electron chi connectivity index (χ0n) is 21.9. The Balaban J connectivity index is 1.92. The second-order valence-corrected chi connectivity index (χ2v) is 9.29. The molecule has 1 unspecified atom stereocenters. The van der Waals surface area contributed by atoms with Crippen LogP contribution in [-0.2, 0) is 14.4 Å². The van der Waals surface area contributed by atoms with E-state index < -0.39 is 17.7 Å². The number of hydrogen-bond donors (Lipinski definition) is 2. The van der Waals surface area contributed by atoms with Gasteiger partial charge in [-0.25, -0.2) is 0 Å². The number of amides is 2. The molecule has 2 amide bonds. The number of hydrogen-bond acceptors (Lipinski definition) is 6. The predicted molar refractivity (Wildman–Crippen MR) is 145 cm³/mol. The van der Waals surface area contributed by atoms with E-state index in [0.29, 0.717) is 34.0 Å². The highest BCUT2D eigenvalue weighted by molar-refractivity contribution is 6.51. The van der Waals surface area contributed by atoms with Crippen molar-refractivity contribution in [1.29, 1.82) is 0 Å². The summed E-state index contributed by atoms with van der Waals surface area (Å²) in [5, 5.41) is 14.2. The average Bonchev–Trinajstić information content (AvgIpc) is 3.14. The molecule has 1 aliphatic rings. The topological polar surface area (TPSA) is 105 Å². The summed E-state index contributed by atoms with van der Waals surface area (Å²) in [7, 11) is 1.50. The van der Waals surface area contributed by atoms with Gasteiger partial charge in [-0.15, -0.1) is 0 Å².